The topological polar surface area (TPSA) is 147 Å². The summed E-state index contributed by atoms with van der Waals surface area (Å²) in [5.74, 6) is -2.17. The number of pyridine rings is 2. The number of hydrogen-bond acceptors (Lipinski definition) is 10. The maximum absolute atomic E-state index is 17.0. The van der Waals surface area contributed by atoms with E-state index in [1.807, 2.05) is 10.6 Å². The van der Waals surface area contributed by atoms with Crippen LogP contribution in [0.2, 0.25) is 51.4 Å². The highest BCUT2D eigenvalue weighted by Crippen LogP contribution is 2.36. The summed E-state index contributed by atoms with van der Waals surface area (Å²) in [5.41, 5.74) is 0.399. The van der Waals surface area contributed by atoms with Crippen LogP contribution in [-0.4, -0.2) is 74.2 Å². The molecule has 1 aromatic carbocycles. The molecule has 0 atom stereocenters. The fourth-order valence-corrected chi connectivity index (χ4v) is 8.35. The molecule has 4 aromatic heterocycles. The molecule has 0 fully saturated rings. The SMILES string of the molecule is COc1ncc(F)cc1S(=O)(=O)Cc1nccc(-c2ccc3c(-c4nccn4COCC[Si](C)(C)C)nn(COCC[Si](C)(C)C)c3c2F)c1C#N. The number of hydrogen-bond donors (Lipinski definition) is 0. The smallest absolute Gasteiger partial charge is 0.232 e. The van der Waals surface area contributed by atoms with E-state index in [-0.39, 0.29) is 47.2 Å². The van der Waals surface area contributed by atoms with Crippen molar-refractivity contribution in [2.24, 2.45) is 0 Å². The molecule has 0 spiro atoms. The number of benzene rings is 1. The molecule has 5 aromatic rings. The molecule has 4 heterocycles. The van der Waals surface area contributed by atoms with E-state index in [2.05, 4.69) is 54.2 Å². The summed E-state index contributed by atoms with van der Waals surface area (Å²) in [6, 6.07) is 9.36. The van der Waals surface area contributed by atoms with E-state index in [0.29, 0.717) is 30.1 Å². The fraction of sp³-hybridized carbons (Fsp3) is 0.400. The van der Waals surface area contributed by atoms with Crippen LogP contribution in [0.15, 0.2) is 53.9 Å². The zero-order chi connectivity index (χ0) is 37.8. The van der Waals surface area contributed by atoms with Crippen molar-refractivity contribution < 1.29 is 31.4 Å². The number of methoxy groups -OCH3 is 1. The Hall–Kier alpha value is -4.35. The van der Waals surface area contributed by atoms with Crippen LogP contribution >= 0.6 is 0 Å². The molecule has 5 rings (SSSR count). The molecule has 0 unspecified atom stereocenters. The summed E-state index contributed by atoms with van der Waals surface area (Å²) < 4.78 is 78.2. The first-order chi connectivity index (χ1) is 24.5. The van der Waals surface area contributed by atoms with E-state index >= 15 is 4.39 Å². The summed E-state index contributed by atoms with van der Waals surface area (Å²) in [5, 5.41) is 15.5. The molecule has 0 saturated carbocycles. The molecule has 0 bridgehead atoms. The molecule has 0 aliphatic rings. The highest BCUT2D eigenvalue weighted by molar-refractivity contribution is 7.90. The summed E-state index contributed by atoms with van der Waals surface area (Å²) in [4.78, 5) is 11.9. The summed E-state index contributed by atoms with van der Waals surface area (Å²) in [7, 11) is -5.80. The van der Waals surface area contributed by atoms with Crippen LogP contribution in [0.5, 0.6) is 5.88 Å². The van der Waals surface area contributed by atoms with Gasteiger partial charge in [-0.15, -0.1) is 0 Å². The molecule has 0 N–H and O–H groups in total. The van der Waals surface area contributed by atoms with Crippen molar-refractivity contribution in [2.75, 3.05) is 20.3 Å². The minimum atomic E-state index is -4.31. The first-order valence-electron chi connectivity index (χ1n) is 16.7. The van der Waals surface area contributed by atoms with E-state index in [1.165, 1.54) is 30.1 Å². The van der Waals surface area contributed by atoms with E-state index in [1.54, 1.807) is 18.5 Å². The standard InChI is InChI=1S/C35H43F2N7O5SSi2/c1-47-35-30(18-24(36)20-41-35)50(45,46)21-29-28(19-38)25(10-11-39-29)26-8-9-27-32(34-40-12-13-43(34)22-48-14-16-51(2,3)4)42-44(33(27)31(26)37)23-49-15-17-52(5,6)7/h8-13,18,20H,14-17,21-23H2,1-7H3. The third-order valence-electron chi connectivity index (χ3n) is 8.29. The van der Waals surface area contributed by atoms with Gasteiger partial charge in [-0.05, 0) is 30.3 Å². The minimum absolute atomic E-state index is 0.0305. The fourth-order valence-electron chi connectivity index (χ4n) is 5.41. The van der Waals surface area contributed by atoms with Crippen LogP contribution in [0.4, 0.5) is 8.78 Å². The largest absolute Gasteiger partial charge is 0.480 e. The average Bonchev–Trinajstić information content (AvgIpc) is 3.69. The van der Waals surface area contributed by atoms with E-state index in [0.717, 1.165) is 24.4 Å². The van der Waals surface area contributed by atoms with Crippen molar-refractivity contribution in [3.8, 4) is 34.6 Å². The lowest BCUT2D eigenvalue weighted by Crippen LogP contribution is -2.22. The molecule has 0 saturated heterocycles. The molecule has 276 valence electrons. The average molecular weight is 768 g/mol. The van der Waals surface area contributed by atoms with Crippen LogP contribution in [0, 0.1) is 23.0 Å². The molecular weight excluding hydrogens is 725 g/mol. The maximum Gasteiger partial charge on any atom is 0.232 e. The van der Waals surface area contributed by atoms with Crippen molar-refractivity contribution in [2.45, 2.75) is 75.5 Å². The molecule has 17 heteroatoms. The van der Waals surface area contributed by atoms with Crippen LogP contribution < -0.4 is 4.74 Å². The second-order valence-corrected chi connectivity index (χ2v) is 28.0. The Bertz CT molecular complexity index is 2230. The molecule has 12 nitrogen and oxygen atoms in total. The number of ether oxygens (including phenoxy) is 3. The van der Waals surface area contributed by atoms with Gasteiger partial charge in [-0.1, -0.05) is 45.3 Å². The van der Waals surface area contributed by atoms with E-state index in [9.17, 15) is 18.1 Å². The molecular formula is C35H43F2N7O5SSi2. The lowest BCUT2D eigenvalue weighted by molar-refractivity contribution is 0.0812. The van der Waals surface area contributed by atoms with Gasteiger partial charge >= 0.3 is 0 Å². The molecule has 0 aliphatic carbocycles. The number of imidazole rings is 1. The Kier molecular flexibility index (Phi) is 11.8. The van der Waals surface area contributed by atoms with Gasteiger partial charge in [0.05, 0.1) is 30.3 Å². The van der Waals surface area contributed by atoms with Gasteiger partial charge in [0.2, 0.25) is 5.88 Å². The summed E-state index contributed by atoms with van der Waals surface area (Å²) >= 11 is 0. The number of aromatic nitrogens is 6. The van der Waals surface area contributed by atoms with Gasteiger partial charge in [0.25, 0.3) is 0 Å². The highest BCUT2D eigenvalue weighted by Gasteiger charge is 2.28. The number of halogens is 2. The minimum Gasteiger partial charge on any atom is -0.480 e. The van der Waals surface area contributed by atoms with Gasteiger partial charge in [0.1, 0.15) is 41.5 Å². The molecule has 0 amide bonds. The normalized spacial score (nSPS) is 12.4. The molecule has 0 aliphatic heterocycles. The third kappa shape index (κ3) is 8.99. The number of fused-ring (bicyclic) bond motifs is 1. The number of nitriles is 1. The number of sulfone groups is 1. The Morgan fingerprint density at radius 2 is 1.60 bits per heavy atom. The zero-order valence-corrected chi connectivity index (χ0v) is 33.2. The van der Waals surface area contributed by atoms with Crippen molar-refractivity contribution in [1.29, 1.82) is 5.26 Å². The van der Waals surface area contributed by atoms with Crippen LogP contribution in [0.3, 0.4) is 0 Å². The second kappa shape index (κ2) is 15.7. The zero-order valence-electron chi connectivity index (χ0n) is 30.4. The van der Waals surface area contributed by atoms with Crippen LogP contribution in [0.1, 0.15) is 11.3 Å². The Morgan fingerprint density at radius 3 is 2.25 bits per heavy atom. The second-order valence-electron chi connectivity index (χ2n) is 14.8. The number of nitrogens with zero attached hydrogens (tertiary/aromatic N) is 7. The Balaban J connectivity index is 1.57. The van der Waals surface area contributed by atoms with E-state index < -0.39 is 48.3 Å². The first kappa shape index (κ1) is 38.9. The molecule has 52 heavy (non-hydrogen) atoms. The van der Waals surface area contributed by atoms with Crippen molar-refractivity contribution >= 4 is 36.9 Å². The van der Waals surface area contributed by atoms with Gasteiger partial charge in [0, 0.05) is 64.5 Å². The monoisotopic (exact) mass is 767 g/mol. The van der Waals surface area contributed by atoms with E-state index in [4.69, 9.17) is 19.3 Å². The van der Waals surface area contributed by atoms with Crippen molar-refractivity contribution in [3.05, 3.63) is 71.9 Å². The maximum atomic E-state index is 17.0. The summed E-state index contributed by atoms with van der Waals surface area (Å²) in [6.45, 7) is 14.8. The summed E-state index contributed by atoms with van der Waals surface area (Å²) in [6.07, 6.45) is 5.55. The van der Waals surface area contributed by atoms with Crippen LogP contribution in [0.25, 0.3) is 33.5 Å². The quantitative estimate of drug-likeness (QED) is 0.0752. The lowest BCUT2D eigenvalue weighted by atomic mass is 9.98. The van der Waals surface area contributed by atoms with Crippen molar-refractivity contribution in [1.82, 2.24) is 29.3 Å². The predicted octanol–water partition coefficient (Wildman–Crippen LogP) is 7.11. The third-order valence-corrected chi connectivity index (χ3v) is 13.3. The lowest BCUT2D eigenvalue weighted by Gasteiger charge is -2.16. The van der Waals surface area contributed by atoms with Gasteiger partial charge in [0.15, 0.2) is 21.5 Å². The van der Waals surface area contributed by atoms with Gasteiger partial charge in [-0.2, -0.15) is 10.4 Å². The van der Waals surface area contributed by atoms with Crippen molar-refractivity contribution in [3.63, 3.8) is 0 Å². The van der Waals surface area contributed by atoms with Crippen LogP contribution in [-0.2, 0) is 38.5 Å². The number of rotatable bonds is 16. The van der Waals surface area contributed by atoms with Gasteiger partial charge in [-0.3, -0.25) is 4.98 Å². The van der Waals surface area contributed by atoms with Gasteiger partial charge < -0.3 is 18.8 Å². The Morgan fingerprint density at radius 1 is 0.904 bits per heavy atom. The Labute approximate surface area is 304 Å². The molecule has 0 radical (unpaired) electrons. The highest BCUT2D eigenvalue weighted by atomic mass is 32.2. The first-order valence-corrected chi connectivity index (χ1v) is 25.8. The predicted molar refractivity (Wildman–Crippen MR) is 199 cm³/mol. The van der Waals surface area contributed by atoms with Gasteiger partial charge in [-0.25, -0.2) is 31.8 Å².